The summed E-state index contributed by atoms with van der Waals surface area (Å²) in [7, 11) is 0. The van der Waals surface area contributed by atoms with E-state index in [4.69, 9.17) is 0 Å². The Morgan fingerprint density at radius 1 is 0.852 bits per heavy atom. The quantitative estimate of drug-likeness (QED) is 0.226. The van der Waals surface area contributed by atoms with Crippen LogP contribution in [-0.2, 0) is 9.59 Å². The number of ketones is 1. The molecule has 0 radical (unpaired) electrons. The Bertz CT molecular complexity index is 426. The van der Waals surface area contributed by atoms with Crippen LogP contribution in [-0.4, -0.2) is 23.2 Å². The van der Waals surface area contributed by atoms with Crippen molar-refractivity contribution in [2.45, 2.75) is 116 Å². The molecule has 0 fully saturated rings. The van der Waals surface area contributed by atoms with E-state index < -0.39 is 0 Å². The van der Waals surface area contributed by atoms with Gasteiger partial charge in [0.25, 0.3) is 0 Å². The van der Waals surface area contributed by atoms with E-state index in [1.54, 1.807) is 11.8 Å². The molecular formula is C24H44O2S. The van der Waals surface area contributed by atoms with Gasteiger partial charge in [0.05, 0.1) is 5.25 Å². The SMILES string of the molecule is CCCCC(CC)CCC(=O)C(CC(=C=O)CCC(CC)CCCC)SC. The zero-order valence-electron chi connectivity index (χ0n) is 18.6. The van der Waals surface area contributed by atoms with Gasteiger partial charge in [-0.3, -0.25) is 4.79 Å². The number of carbonyl (C=O) groups is 1. The van der Waals surface area contributed by atoms with Crippen molar-refractivity contribution in [3.8, 4) is 0 Å². The lowest BCUT2D eigenvalue weighted by molar-refractivity contribution is -0.118. The van der Waals surface area contributed by atoms with E-state index in [9.17, 15) is 9.59 Å². The first-order valence-corrected chi connectivity index (χ1v) is 12.6. The summed E-state index contributed by atoms with van der Waals surface area (Å²) < 4.78 is 0. The second-order valence-corrected chi connectivity index (χ2v) is 9.05. The lowest BCUT2D eigenvalue weighted by Crippen LogP contribution is -2.19. The third-order valence-electron chi connectivity index (χ3n) is 5.96. The van der Waals surface area contributed by atoms with E-state index in [-0.39, 0.29) is 5.25 Å². The van der Waals surface area contributed by atoms with Gasteiger partial charge in [-0.1, -0.05) is 79.1 Å². The fourth-order valence-electron chi connectivity index (χ4n) is 3.72. The van der Waals surface area contributed by atoms with Crippen LogP contribution in [0.3, 0.4) is 0 Å². The van der Waals surface area contributed by atoms with Crippen molar-refractivity contribution < 1.29 is 9.59 Å². The molecule has 0 spiro atoms. The number of rotatable bonds is 18. The topological polar surface area (TPSA) is 34.1 Å². The van der Waals surface area contributed by atoms with Crippen molar-refractivity contribution in [2.24, 2.45) is 11.8 Å². The highest BCUT2D eigenvalue weighted by Gasteiger charge is 2.21. The molecule has 0 aromatic rings. The van der Waals surface area contributed by atoms with Crippen molar-refractivity contribution in [3.63, 3.8) is 0 Å². The van der Waals surface area contributed by atoms with Crippen LogP contribution < -0.4 is 0 Å². The van der Waals surface area contributed by atoms with E-state index in [1.807, 2.05) is 6.26 Å². The number of thioether (sulfide) groups is 1. The predicted octanol–water partition coefficient (Wildman–Crippen LogP) is 7.43. The van der Waals surface area contributed by atoms with Gasteiger partial charge in [0.15, 0.2) is 0 Å². The fourth-order valence-corrected chi connectivity index (χ4v) is 4.47. The third kappa shape index (κ3) is 12.5. The molecule has 2 nitrogen and oxygen atoms in total. The zero-order valence-corrected chi connectivity index (χ0v) is 19.5. The van der Waals surface area contributed by atoms with E-state index >= 15 is 0 Å². The van der Waals surface area contributed by atoms with Crippen LogP contribution in [0.2, 0.25) is 0 Å². The van der Waals surface area contributed by atoms with Gasteiger partial charge in [0.2, 0.25) is 0 Å². The van der Waals surface area contributed by atoms with Gasteiger partial charge in [0, 0.05) is 12.0 Å². The lowest BCUT2D eigenvalue weighted by atomic mass is 9.90. The van der Waals surface area contributed by atoms with Crippen LogP contribution >= 0.6 is 11.8 Å². The van der Waals surface area contributed by atoms with E-state index in [0.29, 0.717) is 30.5 Å². The average molecular weight is 397 g/mol. The first-order valence-electron chi connectivity index (χ1n) is 11.3. The molecule has 0 rings (SSSR count). The van der Waals surface area contributed by atoms with Crippen molar-refractivity contribution >= 4 is 23.5 Å². The molecule has 3 unspecified atom stereocenters. The van der Waals surface area contributed by atoms with Gasteiger partial charge in [-0.15, -0.1) is 0 Å². The van der Waals surface area contributed by atoms with Crippen molar-refractivity contribution in [1.29, 1.82) is 0 Å². The summed E-state index contributed by atoms with van der Waals surface area (Å²) in [5.74, 6) is 3.85. The summed E-state index contributed by atoms with van der Waals surface area (Å²) in [5, 5.41) is -0.0687. The molecule has 0 aliphatic rings. The summed E-state index contributed by atoms with van der Waals surface area (Å²) in [6, 6.07) is 0. The Kier molecular flexibility index (Phi) is 17.2. The molecular weight excluding hydrogens is 352 g/mol. The minimum absolute atomic E-state index is 0.0687. The smallest absolute Gasteiger partial charge is 0.146 e. The maximum Gasteiger partial charge on any atom is 0.146 e. The molecule has 0 amide bonds. The highest BCUT2D eigenvalue weighted by atomic mass is 32.2. The van der Waals surface area contributed by atoms with Gasteiger partial charge in [-0.25, -0.2) is 4.79 Å². The summed E-state index contributed by atoms with van der Waals surface area (Å²) in [5.41, 5.74) is 0.815. The standard InChI is InChI=1S/C24H44O2S/c1-6-10-12-20(8-3)14-15-22(19-25)18-24(27-5)23(26)17-16-21(9-4)13-11-7-2/h20-21,24H,6-18H2,1-5H3. The molecule has 0 saturated heterocycles. The maximum absolute atomic E-state index is 12.7. The van der Waals surface area contributed by atoms with Crippen LogP contribution in [0.25, 0.3) is 0 Å². The summed E-state index contributed by atoms with van der Waals surface area (Å²) in [6.07, 6.45) is 15.9. The van der Waals surface area contributed by atoms with Gasteiger partial charge in [0.1, 0.15) is 11.7 Å². The highest BCUT2D eigenvalue weighted by molar-refractivity contribution is 7.99. The number of carbonyl (C=O) groups excluding carboxylic acids is 2. The number of allylic oxidation sites excluding steroid dienone is 1. The Morgan fingerprint density at radius 2 is 1.37 bits per heavy atom. The van der Waals surface area contributed by atoms with E-state index in [1.165, 1.54) is 44.9 Å². The summed E-state index contributed by atoms with van der Waals surface area (Å²) >= 11 is 1.60. The number of hydrogen-bond acceptors (Lipinski definition) is 3. The molecule has 0 aliphatic carbocycles. The molecule has 0 N–H and O–H groups in total. The normalized spacial score (nSPS) is 14.4. The Labute approximate surface area is 173 Å². The fraction of sp³-hybridized carbons (Fsp3) is 0.875. The Balaban J connectivity index is 4.50. The van der Waals surface area contributed by atoms with Gasteiger partial charge in [-0.05, 0) is 43.8 Å². The molecule has 158 valence electrons. The molecule has 0 aliphatic heterocycles. The first kappa shape index (κ1) is 26.5. The van der Waals surface area contributed by atoms with Crippen LogP contribution in [0, 0.1) is 11.8 Å². The van der Waals surface area contributed by atoms with Crippen molar-refractivity contribution in [3.05, 3.63) is 5.57 Å². The third-order valence-corrected chi connectivity index (χ3v) is 6.96. The van der Waals surface area contributed by atoms with Crippen molar-refractivity contribution in [1.82, 2.24) is 0 Å². The first-order chi connectivity index (χ1) is 13.1. The molecule has 0 heterocycles. The molecule has 0 aromatic heterocycles. The molecule has 27 heavy (non-hydrogen) atoms. The average Bonchev–Trinajstić information content (AvgIpc) is 2.70. The van der Waals surface area contributed by atoms with Gasteiger partial charge >= 0.3 is 0 Å². The monoisotopic (exact) mass is 396 g/mol. The minimum Gasteiger partial charge on any atom is -0.298 e. The van der Waals surface area contributed by atoms with Crippen LogP contribution in [0.5, 0.6) is 0 Å². The summed E-state index contributed by atoms with van der Waals surface area (Å²) in [4.78, 5) is 24.1. The van der Waals surface area contributed by atoms with Crippen LogP contribution in [0.4, 0.5) is 0 Å². The molecule has 3 heteroatoms. The second kappa shape index (κ2) is 17.6. The largest absolute Gasteiger partial charge is 0.298 e. The van der Waals surface area contributed by atoms with Gasteiger partial charge < -0.3 is 0 Å². The Hall–Kier alpha value is -0.530. The number of Topliss-reactive ketones (excluding diaryl/α,β-unsaturated/α-hetero) is 1. The number of hydrogen-bond donors (Lipinski definition) is 0. The lowest BCUT2D eigenvalue weighted by Gasteiger charge is -2.18. The minimum atomic E-state index is -0.0687. The predicted molar refractivity (Wildman–Crippen MR) is 121 cm³/mol. The highest BCUT2D eigenvalue weighted by Crippen LogP contribution is 2.26. The molecule has 0 aromatic carbocycles. The molecule has 3 atom stereocenters. The van der Waals surface area contributed by atoms with Crippen LogP contribution in [0.15, 0.2) is 5.57 Å². The molecule has 0 bridgehead atoms. The maximum atomic E-state index is 12.7. The van der Waals surface area contributed by atoms with Crippen molar-refractivity contribution in [2.75, 3.05) is 6.26 Å². The second-order valence-electron chi connectivity index (χ2n) is 8.01. The van der Waals surface area contributed by atoms with Crippen LogP contribution in [0.1, 0.15) is 111 Å². The zero-order chi connectivity index (χ0) is 20.5. The molecule has 0 saturated carbocycles. The number of unbranched alkanes of at least 4 members (excludes halogenated alkanes) is 2. The van der Waals surface area contributed by atoms with Gasteiger partial charge in [-0.2, -0.15) is 11.8 Å². The Morgan fingerprint density at radius 3 is 1.78 bits per heavy atom. The summed E-state index contributed by atoms with van der Waals surface area (Å²) in [6.45, 7) is 8.91. The van der Waals surface area contributed by atoms with E-state index in [0.717, 1.165) is 31.3 Å². The van der Waals surface area contributed by atoms with E-state index in [2.05, 4.69) is 33.6 Å².